The Morgan fingerprint density at radius 2 is 0.870 bits per heavy atom. The van der Waals surface area contributed by atoms with Crippen molar-refractivity contribution >= 4 is 11.8 Å². The molecule has 4 N–H and O–H groups in total. The number of benzene rings is 2. The first kappa shape index (κ1) is 38.7. The summed E-state index contributed by atoms with van der Waals surface area (Å²) in [5.74, 6) is 3.09. The van der Waals surface area contributed by atoms with Gasteiger partial charge in [-0.05, 0) is 113 Å². The first-order valence-corrected chi connectivity index (χ1v) is 16.9. The number of carbonyl (C=O) groups is 2. The number of unbranched alkanes of at least 4 members (excludes halogenated alkanes) is 3. The van der Waals surface area contributed by atoms with Crippen molar-refractivity contribution in [2.75, 3.05) is 67.7 Å². The Hall–Kier alpha value is -3.50. The highest BCUT2D eigenvalue weighted by Gasteiger charge is 2.07. The largest absolute Gasteiger partial charge is 0.493 e. The lowest BCUT2D eigenvalue weighted by Crippen LogP contribution is -2.27. The molecule has 0 fully saturated rings. The molecule has 0 saturated carbocycles. The molecule has 10 nitrogen and oxygen atoms in total. The first-order valence-electron chi connectivity index (χ1n) is 16.9. The Balaban J connectivity index is 1.31. The van der Waals surface area contributed by atoms with Crippen molar-refractivity contribution in [3.8, 4) is 23.0 Å². The van der Waals surface area contributed by atoms with Crippen LogP contribution >= 0.6 is 0 Å². The molecule has 2 aromatic rings. The summed E-state index contributed by atoms with van der Waals surface area (Å²) in [7, 11) is 6.51. The predicted octanol–water partition coefficient (Wildman–Crippen LogP) is 4.82. The molecule has 10 heteroatoms. The molecule has 2 amide bonds. The van der Waals surface area contributed by atoms with Gasteiger partial charge in [0, 0.05) is 25.9 Å². The molecule has 0 atom stereocenters. The zero-order valence-electron chi connectivity index (χ0n) is 28.6. The summed E-state index contributed by atoms with van der Waals surface area (Å²) >= 11 is 0. The van der Waals surface area contributed by atoms with Crippen LogP contribution in [-0.2, 0) is 22.4 Å². The van der Waals surface area contributed by atoms with E-state index in [9.17, 15) is 9.59 Å². The number of carbonyl (C=O) groups excluding carboxylic acids is 2. The van der Waals surface area contributed by atoms with Crippen LogP contribution in [0.2, 0.25) is 0 Å². The van der Waals surface area contributed by atoms with Gasteiger partial charge in [-0.3, -0.25) is 9.59 Å². The maximum Gasteiger partial charge on any atom is 0.220 e. The second-order valence-corrected chi connectivity index (χ2v) is 11.4. The molecule has 0 heterocycles. The number of rotatable bonds is 27. The van der Waals surface area contributed by atoms with Gasteiger partial charge in [-0.25, -0.2) is 0 Å². The number of aryl methyl sites for hydroxylation is 2. The van der Waals surface area contributed by atoms with Gasteiger partial charge in [0.2, 0.25) is 11.8 Å². The smallest absolute Gasteiger partial charge is 0.220 e. The minimum atomic E-state index is 0.109. The van der Waals surface area contributed by atoms with Crippen molar-refractivity contribution in [3.63, 3.8) is 0 Å². The van der Waals surface area contributed by atoms with Gasteiger partial charge >= 0.3 is 0 Å². The van der Waals surface area contributed by atoms with Gasteiger partial charge in [-0.2, -0.15) is 0 Å². The number of ether oxygens (including phenoxy) is 4. The molecule has 0 spiro atoms. The standard InChI is InChI=1S/C36H58N4O6/c1-43-31-19-17-29(27-33(31)45-3)13-9-15-35(41)39-25-11-23-37-21-7-5-6-8-22-38-24-12-26-40-36(42)16-10-14-30-18-20-32(44-2)34(28-30)46-4/h17-20,27-28,37-38H,5-16,21-26H2,1-4H3,(H,39,41)(H,40,42). The number of hydrogen-bond donors (Lipinski definition) is 4. The summed E-state index contributed by atoms with van der Waals surface area (Å²) in [6.07, 6.45) is 10.9. The number of methoxy groups -OCH3 is 4. The number of hydrogen-bond acceptors (Lipinski definition) is 8. The third kappa shape index (κ3) is 16.7. The predicted molar refractivity (Wildman–Crippen MR) is 184 cm³/mol. The Kier molecular flexibility index (Phi) is 20.8. The van der Waals surface area contributed by atoms with Crippen LogP contribution in [0, 0.1) is 0 Å². The van der Waals surface area contributed by atoms with Gasteiger partial charge in [-0.15, -0.1) is 0 Å². The second-order valence-electron chi connectivity index (χ2n) is 11.4. The van der Waals surface area contributed by atoms with Gasteiger partial charge in [0.05, 0.1) is 28.4 Å². The first-order chi connectivity index (χ1) is 22.5. The van der Waals surface area contributed by atoms with Crippen LogP contribution < -0.4 is 40.2 Å². The van der Waals surface area contributed by atoms with Crippen LogP contribution in [-0.4, -0.2) is 79.5 Å². The quantitative estimate of drug-likeness (QED) is 0.103. The Labute approximate surface area is 276 Å². The summed E-state index contributed by atoms with van der Waals surface area (Å²) in [6, 6.07) is 11.8. The van der Waals surface area contributed by atoms with Crippen LogP contribution in [0.1, 0.15) is 75.3 Å². The van der Waals surface area contributed by atoms with E-state index < -0.39 is 0 Å². The minimum absolute atomic E-state index is 0.109. The Bertz CT molecular complexity index is 1040. The molecule has 0 unspecified atom stereocenters. The highest BCUT2D eigenvalue weighted by atomic mass is 16.5. The minimum Gasteiger partial charge on any atom is -0.493 e. The number of nitrogens with one attached hydrogen (secondary N) is 4. The van der Waals surface area contributed by atoms with Crippen molar-refractivity contribution in [1.82, 2.24) is 21.3 Å². The third-order valence-corrected chi connectivity index (χ3v) is 7.80. The molecule has 0 saturated heterocycles. The molecule has 0 aliphatic rings. The van der Waals surface area contributed by atoms with E-state index in [0.29, 0.717) is 37.4 Å². The molecule has 258 valence electrons. The molecule has 0 aliphatic carbocycles. The molecule has 46 heavy (non-hydrogen) atoms. The highest BCUT2D eigenvalue weighted by Crippen LogP contribution is 2.29. The molecule has 0 bridgehead atoms. The zero-order valence-corrected chi connectivity index (χ0v) is 28.6. The van der Waals surface area contributed by atoms with Crippen LogP contribution in [0.4, 0.5) is 0 Å². The Morgan fingerprint density at radius 3 is 1.26 bits per heavy atom. The molecule has 0 aliphatic heterocycles. The summed E-state index contributed by atoms with van der Waals surface area (Å²) in [5.41, 5.74) is 2.28. The van der Waals surface area contributed by atoms with Crippen molar-refractivity contribution in [1.29, 1.82) is 0 Å². The highest BCUT2D eigenvalue weighted by molar-refractivity contribution is 5.76. The average Bonchev–Trinajstić information content (AvgIpc) is 3.07. The fourth-order valence-corrected chi connectivity index (χ4v) is 5.14. The van der Waals surface area contributed by atoms with E-state index >= 15 is 0 Å². The van der Waals surface area contributed by atoms with Crippen molar-refractivity contribution in [3.05, 3.63) is 47.5 Å². The van der Waals surface area contributed by atoms with Crippen LogP contribution in [0.15, 0.2) is 36.4 Å². The lowest BCUT2D eigenvalue weighted by atomic mass is 10.1. The van der Waals surface area contributed by atoms with Crippen molar-refractivity contribution in [2.45, 2.75) is 77.0 Å². The normalized spacial score (nSPS) is 10.8. The molecular formula is C36H58N4O6. The van der Waals surface area contributed by atoms with Gasteiger partial charge in [0.25, 0.3) is 0 Å². The van der Waals surface area contributed by atoms with Crippen LogP contribution in [0.3, 0.4) is 0 Å². The zero-order chi connectivity index (χ0) is 33.2. The lowest BCUT2D eigenvalue weighted by molar-refractivity contribution is -0.122. The summed E-state index contributed by atoms with van der Waals surface area (Å²) < 4.78 is 21.2. The second kappa shape index (κ2) is 24.7. The monoisotopic (exact) mass is 642 g/mol. The van der Waals surface area contributed by atoms with E-state index in [1.165, 1.54) is 25.7 Å². The summed E-state index contributed by atoms with van der Waals surface area (Å²) in [6.45, 7) is 5.28. The molecular weight excluding hydrogens is 584 g/mol. The van der Waals surface area contributed by atoms with E-state index in [-0.39, 0.29) is 11.8 Å². The van der Waals surface area contributed by atoms with Gasteiger partial charge < -0.3 is 40.2 Å². The van der Waals surface area contributed by atoms with E-state index in [1.807, 2.05) is 36.4 Å². The lowest BCUT2D eigenvalue weighted by Gasteiger charge is -2.10. The van der Waals surface area contributed by atoms with Crippen molar-refractivity contribution in [2.24, 2.45) is 0 Å². The maximum atomic E-state index is 12.1. The van der Waals surface area contributed by atoms with Crippen molar-refractivity contribution < 1.29 is 28.5 Å². The third-order valence-electron chi connectivity index (χ3n) is 7.80. The van der Waals surface area contributed by atoms with E-state index in [1.54, 1.807) is 28.4 Å². The molecule has 2 aromatic carbocycles. The maximum absolute atomic E-state index is 12.1. The molecule has 0 radical (unpaired) electrons. The van der Waals surface area contributed by atoms with Gasteiger partial charge in [0.15, 0.2) is 23.0 Å². The molecule has 2 rings (SSSR count). The van der Waals surface area contributed by atoms with Crippen LogP contribution in [0.5, 0.6) is 23.0 Å². The molecule has 0 aromatic heterocycles. The Morgan fingerprint density at radius 1 is 0.478 bits per heavy atom. The van der Waals surface area contributed by atoms with Crippen LogP contribution in [0.25, 0.3) is 0 Å². The average molecular weight is 643 g/mol. The fraction of sp³-hybridized carbons (Fsp3) is 0.611. The van der Waals surface area contributed by atoms with Gasteiger partial charge in [0.1, 0.15) is 0 Å². The van der Waals surface area contributed by atoms with E-state index in [4.69, 9.17) is 18.9 Å². The SMILES string of the molecule is COc1ccc(CCCC(=O)NCCCNCCCCCCNCCCNC(=O)CCCc2ccc(OC)c(OC)c2)cc1OC. The number of amides is 2. The summed E-state index contributed by atoms with van der Waals surface area (Å²) in [5, 5.41) is 13.0. The van der Waals surface area contributed by atoms with E-state index in [2.05, 4.69) is 21.3 Å². The fourth-order valence-electron chi connectivity index (χ4n) is 5.14. The summed E-state index contributed by atoms with van der Waals surface area (Å²) in [4.78, 5) is 24.2. The van der Waals surface area contributed by atoms with E-state index in [0.717, 1.165) is 87.3 Å². The topological polar surface area (TPSA) is 119 Å². The van der Waals surface area contributed by atoms with Gasteiger partial charge in [-0.1, -0.05) is 25.0 Å².